The van der Waals surface area contributed by atoms with E-state index in [2.05, 4.69) is 27.7 Å². The standard InChI is InChI=1S/C30H64N.HI/c1-5-9-13-15-17-19-21-25-29-31(27-23-11-7-3,28-24-12-8-4)30-26-22-20-18-16-14-10-6-2;/h5-30H2,1-4H3;1H/q+1;/p-1. The van der Waals surface area contributed by atoms with Gasteiger partial charge >= 0.3 is 0 Å². The van der Waals surface area contributed by atoms with Crippen LogP contribution < -0.4 is 24.0 Å². The average Bonchev–Trinajstić information content (AvgIpc) is 2.77. The van der Waals surface area contributed by atoms with Crippen molar-refractivity contribution in [2.75, 3.05) is 26.2 Å². The van der Waals surface area contributed by atoms with Crippen molar-refractivity contribution in [3.63, 3.8) is 0 Å². The van der Waals surface area contributed by atoms with Crippen LogP contribution in [-0.4, -0.2) is 30.7 Å². The molecule has 0 aliphatic carbocycles. The Morgan fingerprint density at radius 1 is 0.281 bits per heavy atom. The van der Waals surface area contributed by atoms with Gasteiger partial charge in [0.25, 0.3) is 0 Å². The third kappa shape index (κ3) is 22.5. The van der Waals surface area contributed by atoms with Gasteiger partial charge in [-0.3, -0.25) is 0 Å². The van der Waals surface area contributed by atoms with Gasteiger partial charge in [0.15, 0.2) is 0 Å². The van der Waals surface area contributed by atoms with E-state index in [4.69, 9.17) is 0 Å². The van der Waals surface area contributed by atoms with Crippen LogP contribution in [0.2, 0.25) is 0 Å². The minimum absolute atomic E-state index is 0. The van der Waals surface area contributed by atoms with Crippen molar-refractivity contribution in [1.29, 1.82) is 0 Å². The lowest BCUT2D eigenvalue weighted by atomic mass is 10.0. The maximum absolute atomic E-state index is 2.36. The Hall–Kier alpha value is 0.690. The molecule has 0 fully saturated rings. The second-order valence-corrected chi connectivity index (χ2v) is 10.6. The highest BCUT2D eigenvalue weighted by Gasteiger charge is 2.25. The van der Waals surface area contributed by atoms with Gasteiger partial charge in [-0.2, -0.15) is 0 Å². The number of halogens is 1. The van der Waals surface area contributed by atoms with E-state index in [-0.39, 0.29) is 24.0 Å². The summed E-state index contributed by atoms with van der Waals surface area (Å²) in [5.41, 5.74) is 0. The molecule has 0 heterocycles. The van der Waals surface area contributed by atoms with Crippen molar-refractivity contribution < 1.29 is 28.5 Å². The molecule has 0 rings (SSSR count). The molecule has 0 aliphatic rings. The van der Waals surface area contributed by atoms with Gasteiger partial charge in [-0.15, -0.1) is 0 Å². The molecule has 0 bridgehead atoms. The number of nitrogens with zero attached hydrogens (tertiary/aromatic N) is 1. The Labute approximate surface area is 222 Å². The van der Waals surface area contributed by atoms with Crippen LogP contribution in [0.15, 0.2) is 0 Å². The SMILES string of the molecule is CCCCCCCCCC[N+](CCCCC)(CCCCC)CCCCCCCCCC.[I-]. The van der Waals surface area contributed by atoms with Crippen molar-refractivity contribution in [3.05, 3.63) is 0 Å². The normalized spacial score (nSPS) is 11.6. The van der Waals surface area contributed by atoms with E-state index in [0.717, 1.165) is 0 Å². The summed E-state index contributed by atoms with van der Waals surface area (Å²) in [4.78, 5) is 0. The van der Waals surface area contributed by atoms with Crippen LogP contribution in [-0.2, 0) is 0 Å². The van der Waals surface area contributed by atoms with Gasteiger partial charge in [0.2, 0.25) is 0 Å². The molecular formula is C30H64IN. The Balaban J connectivity index is 0. The lowest BCUT2D eigenvalue weighted by Gasteiger charge is -2.39. The maximum atomic E-state index is 2.36. The van der Waals surface area contributed by atoms with Crippen molar-refractivity contribution in [3.8, 4) is 0 Å². The predicted molar refractivity (Wildman–Crippen MR) is 144 cm³/mol. The highest BCUT2D eigenvalue weighted by molar-refractivity contribution is 4.54. The molecule has 0 aromatic carbocycles. The number of rotatable bonds is 26. The summed E-state index contributed by atoms with van der Waals surface area (Å²) in [5, 5.41) is 0. The van der Waals surface area contributed by atoms with Crippen LogP contribution in [0, 0.1) is 0 Å². The third-order valence-electron chi connectivity index (χ3n) is 7.44. The van der Waals surface area contributed by atoms with Crippen LogP contribution in [0.1, 0.15) is 169 Å². The second-order valence-electron chi connectivity index (χ2n) is 10.6. The topological polar surface area (TPSA) is 0 Å². The Bertz CT molecular complexity index is 299. The van der Waals surface area contributed by atoms with Crippen molar-refractivity contribution in [1.82, 2.24) is 0 Å². The summed E-state index contributed by atoms with van der Waals surface area (Å²) >= 11 is 0. The van der Waals surface area contributed by atoms with Gasteiger partial charge in [0, 0.05) is 0 Å². The van der Waals surface area contributed by atoms with E-state index in [1.54, 1.807) is 0 Å². The zero-order chi connectivity index (χ0) is 22.9. The molecule has 0 aromatic heterocycles. The molecule has 0 N–H and O–H groups in total. The number of unbranched alkanes of at least 4 members (excludes halogenated alkanes) is 18. The molecule has 0 unspecified atom stereocenters. The van der Waals surface area contributed by atoms with E-state index in [9.17, 15) is 0 Å². The molecule has 0 amide bonds. The average molecular weight is 566 g/mol. The first-order valence-corrected chi connectivity index (χ1v) is 15.1. The van der Waals surface area contributed by atoms with Crippen molar-refractivity contribution in [2.24, 2.45) is 0 Å². The highest BCUT2D eigenvalue weighted by Crippen LogP contribution is 2.20. The van der Waals surface area contributed by atoms with Gasteiger partial charge in [0.05, 0.1) is 26.2 Å². The van der Waals surface area contributed by atoms with Crippen LogP contribution in [0.5, 0.6) is 0 Å². The largest absolute Gasteiger partial charge is 1.00 e. The number of hydrogen-bond acceptors (Lipinski definition) is 0. The Morgan fingerprint density at radius 3 is 0.750 bits per heavy atom. The molecule has 0 aliphatic heterocycles. The monoisotopic (exact) mass is 565 g/mol. The zero-order valence-corrected chi connectivity index (χ0v) is 25.4. The fraction of sp³-hybridized carbons (Fsp3) is 1.00. The van der Waals surface area contributed by atoms with Gasteiger partial charge in [-0.05, 0) is 51.4 Å². The van der Waals surface area contributed by atoms with Gasteiger partial charge in [-0.25, -0.2) is 0 Å². The first kappa shape index (κ1) is 34.9. The lowest BCUT2D eigenvalue weighted by molar-refractivity contribution is -0.929. The van der Waals surface area contributed by atoms with Crippen LogP contribution in [0.3, 0.4) is 0 Å². The minimum atomic E-state index is 0. The fourth-order valence-corrected chi connectivity index (χ4v) is 5.23. The summed E-state index contributed by atoms with van der Waals surface area (Å²) in [6, 6.07) is 0. The van der Waals surface area contributed by atoms with Gasteiger partial charge in [0.1, 0.15) is 0 Å². The molecule has 0 saturated heterocycles. The van der Waals surface area contributed by atoms with Crippen LogP contribution in [0.4, 0.5) is 0 Å². The quantitative estimate of drug-likeness (QED) is 0.0580. The summed E-state index contributed by atoms with van der Waals surface area (Å²) in [5.74, 6) is 0. The van der Waals surface area contributed by atoms with E-state index in [1.807, 2.05) is 0 Å². The van der Waals surface area contributed by atoms with Gasteiger partial charge < -0.3 is 28.5 Å². The molecule has 2 heteroatoms. The summed E-state index contributed by atoms with van der Waals surface area (Å²) in [7, 11) is 0. The molecule has 32 heavy (non-hydrogen) atoms. The first-order chi connectivity index (χ1) is 15.2. The van der Waals surface area contributed by atoms with Gasteiger partial charge in [-0.1, -0.05) is 118 Å². The maximum Gasteiger partial charge on any atom is 0.0786 e. The predicted octanol–water partition coefficient (Wildman–Crippen LogP) is 7.47. The molecular weight excluding hydrogens is 501 g/mol. The highest BCUT2D eigenvalue weighted by atomic mass is 127. The third-order valence-corrected chi connectivity index (χ3v) is 7.44. The number of quaternary nitrogens is 1. The Kier molecular flexibility index (Phi) is 30.4. The van der Waals surface area contributed by atoms with E-state index in [0.29, 0.717) is 0 Å². The second kappa shape index (κ2) is 27.9. The van der Waals surface area contributed by atoms with E-state index in [1.165, 1.54) is 172 Å². The van der Waals surface area contributed by atoms with Crippen LogP contribution >= 0.6 is 0 Å². The molecule has 0 radical (unpaired) electrons. The molecule has 0 aromatic rings. The fourth-order valence-electron chi connectivity index (χ4n) is 5.23. The summed E-state index contributed by atoms with van der Waals surface area (Å²) in [6.07, 6.45) is 31.8. The molecule has 196 valence electrons. The number of hydrogen-bond donors (Lipinski definition) is 0. The smallest absolute Gasteiger partial charge is 0.0786 e. The van der Waals surface area contributed by atoms with Crippen molar-refractivity contribution in [2.45, 2.75) is 169 Å². The molecule has 0 atom stereocenters. The van der Waals surface area contributed by atoms with Crippen LogP contribution in [0.25, 0.3) is 0 Å². The van der Waals surface area contributed by atoms with E-state index >= 15 is 0 Å². The minimum Gasteiger partial charge on any atom is -1.00 e. The van der Waals surface area contributed by atoms with Crippen molar-refractivity contribution >= 4 is 0 Å². The summed E-state index contributed by atoms with van der Waals surface area (Å²) in [6.45, 7) is 15.2. The molecule has 1 nitrogen and oxygen atoms in total. The lowest BCUT2D eigenvalue weighted by Crippen LogP contribution is -3.00. The Morgan fingerprint density at radius 2 is 0.469 bits per heavy atom. The summed E-state index contributed by atoms with van der Waals surface area (Å²) < 4.78 is 1.46. The van der Waals surface area contributed by atoms with E-state index < -0.39 is 0 Å². The first-order valence-electron chi connectivity index (χ1n) is 15.1. The zero-order valence-electron chi connectivity index (χ0n) is 23.2. The molecule has 0 spiro atoms. The molecule has 0 saturated carbocycles.